The van der Waals surface area contributed by atoms with Crippen molar-refractivity contribution in [2.45, 2.75) is 51.6 Å². The number of likely N-dealkylation sites (tertiary alicyclic amines) is 1. The van der Waals surface area contributed by atoms with Crippen molar-refractivity contribution in [2.75, 3.05) is 26.7 Å². The van der Waals surface area contributed by atoms with Crippen LogP contribution in [0.15, 0.2) is 0 Å². The SMILES string of the molecule is CC(C)[C@H](N)C(=O)N(C[C@H]1CCCN(C)C1)C1CC1. The van der Waals surface area contributed by atoms with Gasteiger partial charge in [-0.1, -0.05) is 13.8 Å². The fraction of sp³-hybridized carbons (Fsp3) is 0.933. The van der Waals surface area contributed by atoms with Gasteiger partial charge in [0, 0.05) is 19.1 Å². The Labute approximate surface area is 117 Å². The average molecular weight is 267 g/mol. The molecule has 1 saturated carbocycles. The van der Waals surface area contributed by atoms with Crippen LogP contribution < -0.4 is 5.73 Å². The van der Waals surface area contributed by atoms with Gasteiger partial charge >= 0.3 is 0 Å². The average Bonchev–Trinajstić information content (AvgIpc) is 3.18. The lowest BCUT2D eigenvalue weighted by Gasteiger charge is -2.35. The number of nitrogens with zero attached hydrogens (tertiary/aromatic N) is 2. The number of hydrogen-bond acceptors (Lipinski definition) is 3. The summed E-state index contributed by atoms with van der Waals surface area (Å²) >= 11 is 0. The number of piperidine rings is 1. The van der Waals surface area contributed by atoms with Crippen LogP contribution in [0.2, 0.25) is 0 Å². The standard InChI is InChI=1S/C15H29N3O/c1-11(2)14(16)15(19)18(13-6-7-13)10-12-5-4-8-17(3)9-12/h11-14H,4-10,16H2,1-3H3/t12-,14-/m0/s1. The van der Waals surface area contributed by atoms with E-state index in [2.05, 4.69) is 16.8 Å². The molecule has 2 fully saturated rings. The lowest BCUT2D eigenvalue weighted by Crippen LogP contribution is -2.50. The molecule has 1 aliphatic carbocycles. The van der Waals surface area contributed by atoms with Gasteiger partial charge in [0.1, 0.15) is 0 Å². The van der Waals surface area contributed by atoms with Crippen molar-refractivity contribution in [3.05, 3.63) is 0 Å². The molecule has 0 aromatic carbocycles. The second-order valence-corrected chi connectivity index (χ2v) is 6.76. The summed E-state index contributed by atoms with van der Waals surface area (Å²) < 4.78 is 0. The molecule has 0 aromatic rings. The minimum Gasteiger partial charge on any atom is -0.338 e. The van der Waals surface area contributed by atoms with E-state index < -0.39 is 0 Å². The van der Waals surface area contributed by atoms with Crippen LogP contribution in [0.25, 0.3) is 0 Å². The van der Waals surface area contributed by atoms with Gasteiger partial charge in [0.2, 0.25) is 5.91 Å². The molecule has 4 heteroatoms. The van der Waals surface area contributed by atoms with E-state index in [0.717, 1.165) is 13.1 Å². The van der Waals surface area contributed by atoms with E-state index in [-0.39, 0.29) is 17.9 Å². The third kappa shape index (κ3) is 3.93. The molecular formula is C15H29N3O. The zero-order chi connectivity index (χ0) is 14.0. The lowest BCUT2D eigenvalue weighted by atomic mass is 9.96. The molecular weight excluding hydrogens is 238 g/mol. The van der Waals surface area contributed by atoms with Crippen LogP contribution in [-0.2, 0) is 4.79 Å². The fourth-order valence-corrected chi connectivity index (χ4v) is 2.98. The van der Waals surface area contributed by atoms with Crippen LogP contribution in [0.1, 0.15) is 39.5 Å². The Morgan fingerprint density at radius 1 is 1.37 bits per heavy atom. The van der Waals surface area contributed by atoms with Crippen molar-refractivity contribution >= 4 is 5.91 Å². The van der Waals surface area contributed by atoms with E-state index in [0.29, 0.717) is 12.0 Å². The molecule has 1 amide bonds. The number of amides is 1. The highest BCUT2D eigenvalue weighted by atomic mass is 16.2. The molecule has 2 aliphatic rings. The van der Waals surface area contributed by atoms with Gasteiger partial charge < -0.3 is 15.5 Å². The molecule has 1 heterocycles. The van der Waals surface area contributed by atoms with E-state index in [1.807, 2.05) is 13.8 Å². The molecule has 0 unspecified atom stereocenters. The molecule has 0 radical (unpaired) electrons. The predicted octanol–water partition coefficient (Wildman–Crippen LogP) is 1.30. The van der Waals surface area contributed by atoms with Gasteiger partial charge in [-0.3, -0.25) is 4.79 Å². The Bertz CT molecular complexity index is 315. The summed E-state index contributed by atoms with van der Waals surface area (Å²) in [6, 6.07) is 0.145. The maximum absolute atomic E-state index is 12.5. The van der Waals surface area contributed by atoms with Gasteiger partial charge in [-0.25, -0.2) is 0 Å². The van der Waals surface area contributed by atoms with Crippen molar-refractivity contribution in [3.8, 4) is 0 Å². The first-order valence-corrected chi connectivity index (χ1v) is 7.73. The Balaban J connectivity index is 1.94. The summed E-state index contributed by atoms with van der Waals surface area (Å²) in [5.74, 6) is 1.02. The lowest BCUT2D eigenvalue weighted by molar-refractivity contribution is -0.135. The number of hydrogen-bond donors (Lipinski definition) is 1. The van der Waals surface area contributed by atoms with E-state index in [4.69, 9.17) is 5.73 Å². The number of nitrogens with two attached hydrogens (primary N) is 1. The molecule has 1 aliphatic heterocycles. The summed E-state index contributed by atoms with van der Waals surface area (Å²) in [7, 11) is 2.18. The highest BCUT2D eigenvalue weighted by molar-refractivity contribution is 5.82. The topological polar surface area (TPSA) is 49.6 Å². The summed E-state index contributed by atoms with van der Waals surface area (Å²) in [6.07, 6.45) is 4.83. The first-order valence-electron chi connectivity index (χ1n) is 7.73. The molecule has 2 rings (SSSR count). The smallest absolute Gasteiger partial charge is 0.240 e. The van der Waals surface area contributed by atoms with Gasteiger partial charge in [0.05, 0.1) is 6.04 Å². The van der Waals surface area contributed by atoms with Gasteiger partial charge in [-0.2, -0.15) is 0 Å². The fourth-order valence-electron chi connectivity index (χ4n) is 2.98. The second kappa shape index (κ2) is 6.23. The summed E-state index contributed by atoms with van der Waals surface area (Å²) in [5.41, 5.74) is 6.06. The Morgan fingerprint density at radius 2 is 2.05 bits per heavy atom. The van der Waals surface area contributed by atoms with Crippen molar-refractivity contribution in [1.82, 2.24) is 9.80 Å². The van der Waals surface area contributed by atoms with Gasteiger partial charge in [-0.15, -0.1) is 0 Å². The first kappa shape index (κ1) is 14.8. The molecule has 0 aromatic heterocycles. The van der Waals surface area contributed by atoms with Crippen LogP contribution in [0.3, 0.4) is 0 Å². The van der Waals surface area contributed by atoms with Crippen molar-refractivity contribution in [3.63, 3.8) is 0 Å². The van der Waals surface area contributed by atoms with Crippen LogP contribution in [-0.4, -0.2) is 54.5 Å². The van der Waals surface area contributed by atoms with Crippen molar-refractivity contribution in [2.24, 2.45) is 17.6 Å². The third-order valence-corrected chi connectivity index (χ3v) is 4.45. The van der Waals surface area contributed by atoms with Crippen LogP contribution in [0.4, 0.5) is 0 Å². The number of carbonyl (C=O) groups excluding carboxylic acids is 1. The summed E-state index contributed by atoms with van der Waals surface area (Å²) in [5, 5.41) is 0. The monoisotopic (exact) mass is 267 g/mol. The Kier molecular flexibility index (Phi) is 4.85. The summed E-state index contributed by atoms with van der Waals surface area (Å²) in [4.78, 5) is 17.0. The largest absolute Gasteiger partial charge is 0.338 e. The van der Waals surface area contributed by atoms with Crippen molar-refractivity contribution in [1.29, 1.82) is 0 Å². The van der Waals surface area contributed by atoms with E-state index in [1.165, 1.54) is 32.2 Å². The van der Waals surface area contributed by atoms with Crippen LogP contribution in [0.5, 0.6) is 0 Å². The van der Waals surface area contributed by atoms with E-state index in [9.17, 15) is 4.79 Å². The molecule has 0 spiro atoms. The molecule has 110 valence electrons. The van der Waals surface area contributed by atoms with E-state index in [1.54, 1.807) is 0 Å². The third-order valence-electron chi connectivity index (χ3n) is 4.45. The predicted molar refractivity (Wildman–Crippen MR) is 77.8 cm³/mol. The highest BCUT2D eigenvalue weighted by Crippen LogP contribution is 2.30. The first-order chi connectivity index (χ1) is 8.99. The normalized spacial score (nSPS) is 26.5. The Hall–Kier alpha value is -0.610. The molecule has 2 atom stereocenters. The molecule has 19 heavy (non-hydrogen) atoms. The van der Waals surface area contributed by atoms with E-state index >= 15 is 0 Å². The zero-order valence-corrected chi connectivity index (χ0v) is 12.6. The summed E-state index contributed by atoms with van der Waals surface area (Å²) in [6.45, 7) is 7.28. The minimum absolute atomic E-state index is 0.172. The molecule has 0 bridgehead atoms. The minimum atomic E-state index is -0.332. The van der Waals surface area contributed by atoms with Gasteiger partial charge in [0.15, 0.2) is 0 Å². The van der Waals surface area contributed by atoms with Crippen LogP contribution >= 0.6 is 0 Å². The van der Waals surface area contributed by atoms with Crippen LogP contribution in [0, 0.1) is 11.8 Å². The highest BCUT2D eigenvalue weighted by Gasteiger charge is 2.37. The zero-order valence-electron chi connectivity index (χ0n) is 12.6. The van der Waals surface area contributed by atoms with Gasteiger partial charge in [-0.05, 0) is 51.1 Å². The maximum Gasteiger partial charge on any atom is 0.240 e. The quantitative estimate of drug-likeness (QED) is 0.817. The number of rotatable bonds is 5. The maximum atomic E-state index is 12.5. The molecule has 2 N–H and O–H groups in total. The Morgan fingerprint density at radius 3 is 2.58 bits per heavy atom. The second-order valence-electron chi connectivity index (χ2n) is 6.76. The number of carbonyl (C=O) groups is 1. The molecule has 1 saturated heterocycles. The van der Waals surface area contributed by atoms with Crippen molar-refractivity contribution < 1.29 is 4.79 Å². The van der Waals surface area contributed by atoms with Gasteiger partial charge in [0.25, 0.3) is 0 Å². The molecule has 4 nitrogen and oxygen atoms in total.